The summed E-state index contributed by atoms with van der Waals surface area (Å²) in [6.07, 6.45) is 2.99. The van der Waals surface area contributed by atoms with Gasteiger partial charge in [-0.15, -0.1) is 0 Å². The fourth-order valence-corrected chi connectivity index (χ4v) is 5.99. The van der Waals surface area contributed by atoms with Gasteiger partial charge in [0.25, 0.3) is 5.91 Å². The van der Waals surface area contributed by atoms with E-state index < -0.39 is 11.7 Å². The molecule has 7 heteroatoms. The summed E-state index contributed by atoms with van der Waals surface area (Å²) in [5, 5.41) is 4.37. The van der Waals surface area contributed by atoms with Gasteiger partial charge in [0.15, 0.2) is 6.54 Å². The third kappa shape index (κ3) is 3.58. The lowest BCUT2D eigenvalue weighted by Gasteiger charge is -2.54. The first-order chi connectivity index (χ1) is 12.2. The Kier molecular flexibility index (Phi) is 4.47. The summed E-state index contributed by atoms with van der Waals surface area (Å²) in [6, 6.07) is 3.47. The smallest absolute Gasteiger partial charge is 0.334 e. The number of hydrogen-bond acceptors (Lipinski definition) is 1. The van der Waals surface area contributed by atoms with Crippen LogP contribution in [-0.4, -0.2) is 18.0 Å². The molecule has 1 aromatic carbocycles. The van der Waals surface area contributed by atoms with Crippen molar-refractivity contribution in [2.24, 2.45) is 17.8 Å². The Morgan fingerprint density at radius 3 is 2.27 bits per heavy atom. The van der Waals surface area contributed by atoms with Crippen LogP contribution in [-0.2, 0) is 11.0 Å². The van der Waals surface area contributed by atoms with Crippen molar-refractivity contribution in [2.75, 3.05) is 11.9 Å². The van der Waals surface area contributed by atoms with Crippen LogP contribution in [0.25, 0.3) is 0 Å². The third-order valence-corrected chi connectivity index (χ3v) is 6.69. The van der Waals surface area contributed by atoms with E-state index in [0.717, 1.165) is 23.8 Å². The van der Waals surface area contributed by atoms with Crippen molar-refractivity contribution < 1.29 is 23.3 Å². The van der Waals surface area contributed by atoms with E-state index >= 15 is 0 Å². The molecule has 0 heterocycles. The summed E-state index contributed by atoms with van der Waals surface area (Å²) in [5.41, 5.74) is -0.629. The topological polar surface area (TPSA) is 45.7 Å². The highest BCUT2D eigenvalue weighted by molar-refractivity contribution is 6.31. The fourth-order valence-electron chi connectivity index (χ4n) is 5.77. The molecule has 0 spiro atoms. The molecule has 1 aromatic rings. The second-order valence-electron chi connectivity index (χ2n) is 8.43. The minimum Gasteiger partial charge on any atom is -0.334 e. The Bertz CT molecular complexity index is 684. The van der Waals surface area contributed by atoms with Gasteiger partial charge in [0, 0.05) is 24.9 Å². The maximum Gasteiger partial charge on any atom is 0.417 e. The van der Waals surface area contributed by atoms with Crippen molar-refractivity contribution in [2.45, 2.75) is 50.2 Å². The highest BCUT2D eigenvalue weighted by Gasteiger charge is 2.53. The molecule has 3 nitrogen and oxygen atoms in total. The normalized spacial score (nSPS) is 32.7. The van der Waals surface area contributed by atoms with Gasteiger partial charge in [-0.25, -0.2) is 0 Å². The first kappa shape index (κ1) is 18.1. The molecule has 142 valence electrons. The van der Waals surface area contributed by atoms with E-state index in [1.165, 1.54) is 50.7 Å². The van der Waals surface area contributed by atoms with Crippen molar-refractivity contribution in [3.8, 4) is 0 Å². The molecule has 5 rings (SSSR count). The number of carbonyl (C=O) groups excluding carboxylic acids is 1. The van der Waals surface area contributed by atoms with Gasteiger partial charge in [-0.3, -0.25) is 4.79 Å². The van der Waals surface area contributed by atoms with Crippen molar-refractivity contribution in [3.05, 3.63) is 28.8 Å². The molecule has 4 saturated carbocycles. The maximum absolute atomic E-state index is 12.9. The molecule has 0 radical (unpaired) electrons. The molecule has 4 fully saturated rings. The number of benzene rings is 1. The zero-order chi connectivity index (χ0) is 18.5. The molecule has 26 heavy (non-hydrogen) atoms. The van der Waals surface area contributed by atoms with Crippen LogP contribution in [0.5, 0.6) is 0 Å². The highest BCUT2D eigenvalue weighted by atomic mass is 35.5. The SMILES string of the molecule is O=C(C[NH2+]C12CC3CC(CC(C3)C1)C2)Nc1ccc(Cl)c(C(F)(F)F)c1. The molecule has 4 bridgehead atoms. The zero-order valence-electron chi connectivity index (χ0n) is 14.4. The molecule has 0 atom stereocenters. The largest absolute Gasteiger partial charge is 0.417 e. The van der Waals surface area contributed by atoms with E-state index in [2.05, 4.69) is 10.6 Å². The Morgan fingerprint density at radius 1 is 1.15 bits per heavy atom. The minimum atomic E-state index is -4.54. The van der Waals surface area contributed by atoms with Gasteiger partial charge in [-0.05, 0) is 55.2 Å². The second kappa shape index (κ2) is 6.41. The Labute approximate surface area is 155 Å². The fraction of sp³-hybridized carbons (Fsp3) is 0.632. The molecular weight excluding hydrogens is 365 g/mol. The van der Waals surface area contributed by atoms with E-state index in [4.69, 9.17) is 11.6 Å². The van der Waals surface area contributed by atoms with Crippen molar-refractivity contribution in [3.63, 3.8) is 0 Å². The van der Waals surface area contributed by atoms with Gasteiger partial charge in [-0.2, -0.15) is 13.2 Å². The molecule has 0 aliphatic heterocycles. The molecule has 4 aliphatic carbocycles. The predicted octanol–water partition coefficient (Wildman–Crippen LogP) is 3.83. The van der Waals surface area contributed by atoms with Gasteiger partial charge in [0.05, 0.1) is 16.1 Å². The van der Waals surface area contributed by atoms with Gasteiger partial charge in [0.2, 0.25) is 0 Å². The number of quaternary nitrogens is 1. The lowest BCUT2D eigenvalue weighted by atomic mass is 9.53. The zero-order valence-corrected chi connectivity index (χ0v) is 15.2. The first-order valence-electron chi connectivity index (χ1n) is 9.23. The number of nitrogens with two attached hydrogens (primary N) is 1. The molecule has 0 saturated heterocycles. The van der Waals surface area contributed by atoms with Crippen LogP contribution in [0.4, 0.5) is 18.9 Å². The van der Waals surface area contributed by atoms with Crippen molar-refractivity contribution in [1.82, 2.24) is 0 Å². The van der Waals surface area contributed by atoms with Crippen molar-refractivity contribution in [1.29, 1.82) is 0 Å². The third-order valence-electron chi connectivity index (χ3n) is 6.36. The Balaban J connectivity index is 1.38. The predicted molar refractivity (Wildman–Crippen MR) is 92.8 cm³/mol. The van der Waals surface area contributed by atoms with Gasteiger partial charge in [-0.1, -0.05) is 11.6 Å². The van der Waals surface area contributed by atoms with Crippen molar-refractivity contribution >= 4 is 23.2 Å². The number of nitrogens with one attached hydrogen (secondary N) is 1. The first-order valence-corrected chi connectivity index (χ1v) is 9.61. The number of anilines is 1. The van der Waals surface area contributed by atoms with E-state index in [0.29, 0.717) is 0 Å². The lowest BCUT2D eigenvalue weighted by molar-refractivity contribution is -0.729. The highest BCUT2D eigenvalue weighted by Crippen LogP contribution is 2.54. The number of rotatable bonds is 4. The van der Waals surface area contributed by atoms with E-state index in [1.807, 2.05) is 0 Å². The average molecular weight is 388 g/mol. The number of amides is 1. The van der Waals surface area contributed by atoms with E-state index in [-0.39, 0.29) is 28.7 Å². The van der Waals surface area contributed by atoms with Gasteiger partial charge >= 0.3 is 6.18 Å². The number of halogens is 4. The van der Waals surface area contributed by atoms with Crippen LogP contribution in [0, 0.1) is 17.8 Å². The van der Waals surface area contributed by atoms with Crippen LogP contribution >= 0.6 is 11.6 Å². The monoisotopic (exact) mass is 387 g/mol. The second-order valence-corrected chi connectivity index (χ2v) is 8.84. The quantitative estimate of drug-likeness (QED) is 0.810. The molecule has 1 amide bonds. The molecule has 3 N–H and O–H groups in total. The van der Waals surface area contributed by atoms with Crippen LogP contribution in [0.2, 0.25) is 5.02 Å². The summed E-state index contributed by atoms with van der Waals surface area (Å²) in [7, 11) is 0. The number of carbonyl (C=O) groups is 1. The van der Waals surface area contributed by atoms with Crippen LogP contribution < -0.4 is 10.6 Å². The number of hydrogen-bond donors (Lipinski definition) is 2. The van der Waals surface area contributed by atoms with Crippen LogP contribution in [0.3, 0.4) is 0 Å². The lowest BCUT2D eigenvalue weighted by Crippen LogP contribution is -3.00. The molecular formula is C19H23ClF3N2O+. The average Bonchev–Trinajstić information content (AvgIpc) is 2.53. The van der Waals surface area contributed by atoms with Gasteiger partial charge in [0.1, 0.15) is 0 Å². The Hall–Kier alpha value is -1.27. The Morgan fingerprint density at radius 2 is 1.73 bits per heavy atom. The van der Waals surface area contributed by atoms with E-state index in [9.17, 15) is 18.0 Å². The summed E-state index contributed by atoms with van der Waals surface area (Å²) in [6.45, 7) is 0.246. The summed E-state index contributed by atoms with van der Waals surface area (Å²) in [4.78, 5) is 12.3. The minimum absolute atomic E-state index is 0.130. The van der Waals surface area contributed by atoms with Gasteiger partial charge < -0.3 is 10.6 Å². The van der Waals surface area contributed by atoms with Crippen LogP contribution in [0.1, 0.15) is 44.1 Å². The summed E-state index contributed by atoms with van der Waals surface area (Å²) >= 11 is 5.62. The summed E-state index contributed by atoms with van der Waals surface area (Å²) < 4.78 is 38.8. The molecule has 4 aliphatic rings. The van der Waals surface area contributed by atoms with E-state index in [1.54, 1.807) is 0 Å². The number of alkyl halides is 3. The standard InChI is InChI=1S/C19H22ClF3N2O/c20-16-2-1-14(6-15(16)19(21,22)23)25-17(26)10-24-18-7-11-3-12(8-18)5-13(4-11)9-18/h1-2,6,11-13,24H,3-5,7-10H2,(H,25,26)/p+1. The van der Waals surface area contributed by atoms with Crippen LogP contribution in [0.15, 0.2) is 18.2 Å². The molecule has 0 aromatic heterocycles. The maximum atomic E-state index is 12.9. The molecule has 0 unspecified atom stereocenters. The summed E-state index contributed by atoms with van der Waals surface area (Å²) in [5.74, 6) is 2.12.